The van der Waals surface area contributed by atoms with Crippen molar-refractivity contribution in [2.24, 2.45) is 0 Å². The van der Waals surface area contributed by atoms with Gasteiger partial charge < -0.3 is 0 Å². The number of alkyl halides is 3. The highest BCUT2D eigenvalue weighted by molar-refractivity contribution is 7.87. The third-order valence-corrected chi connectivity index (χ3v) is 11.1. The van der Waals surface area contributed by atoms with E-state index in [4.69, 9.17) is 0 Å². The molecule has 8 heteroatoms. The maximum Gasteiger partial charge on any atom is 0.540 e. The monoisotopic (exact) mass is 430 g/mol. The highest BCUT2D eigenvalue weighted by Crippen LogP contribution is 2.15. The lowest BCUT2D eigenvalue weighted by Crippen LogP contribution is -3.90. The van der Waals surface area contributed by atoms with Gasteiger partial charge in [-0.05, 0) is 28.8 Å². The van der Waals surface area contributed by atoms with E-state index in [1.165, 1.54) is 48.5 Å². The van der Waals surface area contributed by atoms with Crippen molar-refractivity contribution in [2.75, 3.05) is 0 Å². The molecule has 21 heavy (non-hydrogen) atoms. The lowest BCUT2D eigenvalue weighted by Gasteiger charge is -2.14. The third kappa shape index (κ3) is 3.22. The van der Waals surface area contributed by atoms with Crippen molar-refractivity contribution in [2.45, 2.75) is 3.26 Å². The summed E-state index contributed by atoms with van der Waals surface area (Å²) in [5.41, 5.74) is 0. The van der Waals surface area contributed by atoms with Gasteiger partial charge in [-0.1, -0.05) is 40.8 Å². The molecule has 0 aromatic heterocycles. The van der Waals surface area contributed by atoms with Crippen LogP contribution >= 0.6 is 0 Å². The zero-order valence-electron chi connectivity index (χ0n) is 10.4. The Balaban J connectivity index is 2.63. The van der Waals surface area contributed by atoms with Crippen molar-refractivity contribution in [1.82, 2.24) is 0 Å². The second-order valence-electron chi connectivity index (χ2n) is 3.84. The Morgan fingerprint density at radius 3 is 1.57 bits per heavy atom. The highest BCUT2D eigenvalue weighted by atomic mass is 127. The van der Waals surface area contributed by atoms with Crippen LogP contribution in [0.2, 0.25) is 0 Å². The van der Waals surface area contributed by atoms with Crippen molar-refractivity contribution in [3.05, 3.63) is 67.8 Å². The molecule has 2 aromatic carbocycles. The van der Waals surface area contributed by atoms with Gasteiger partial charge in [0.05, 0.1) is 0 Å². The Labute approximate surface area is 127 Å². The van der Waals surface area contributed by atoms with Gasteiger partial charge in [-0.25, -0.2) is 0 Å². The molecule has 0 spiro atoms. The number of benzene rings is 2. The number of halogens is 4. The second kappa shape index (κ2) is 6.32. The summed E-state index contributed by atoms with van der Waals surface area (Å²) in [6, 6.07) is 15.0. The molecule has 0 fully saturated rings. The van der Waals surface area contributed by atoms with E-state index in [-0.39, 0.29) is 7.14 Å². The zero-order chi connectivity index (χ0) is 15.5. The molecule has 0 aliphatic heterocycles. The van der Waals surface area contributed by atoms with Gasteiger partial charge in [-0.3, -0.25) is 0 Å². The fourth-order valence-corrected chi connectivity index (χ4v) is 9.31. The molecule has 0 N–H and O–H groups in total. The Bertz CT molecular complexity index is 654. The molecule has 0 bridgehead atoms. The second-order valence-corrected chi connectivity index (χ2v) is 11.6. The van der Waals surface area contributed by atoms with Gasteiger partial charge in [0.2, 0.25) is 19.8 Å². The minimum atomic E-state index is -5.62. The smallest absolute Gasteiger partial charge is 0.185 e. The number of rotatable bonds is 5. The summed E-state index contributed by atoms with van der Waals surface area (Å²) in [4.78, 5) is 0. The zero-order valence-corrected chi connectivity index (χ0v) is 13.4. The van der Waals surface area contributed by atoms with Gasteiger partial charge in [0.1, 0.15) is 0 Å². The summed E-state index contributed by atoms with van der Waals surface area (Å²) >= 11 is -3.81. The Morgan fingerprint density at radius 2 is 1.24 bits per heavy atom. The lowest BCUT2D eigenvalue weighted by molar-refractivity contribution is -0.931. The van der Waals surface area contributed by atoms with Crippen molar-refractivity contribution in [3.8, 4) is 0 Å². The third-order valence-electron chi connectivity index (χ3n) is 2.49. The van der Waals surface area contributed by atoms with Gasteiger partial charge >= 0.3 is 13.4 Å². The first-order valence-corrected chi connectivity index (χ1v) is 10.3. The number of hydrogen-bond acceptors (Lipinski definition) is 3. The molecule has 0 atom stereocenters. The van der Waals surface area contributed by atoms with Crippen LogP contribution in [0.5, 0.6) is 0 Å². The molecule has 0 aliphatic carbocycles. The van der Waals surface area contributed by atoms with E-state index in [1.807, 2.05) is 0 Å². The molecule has 0 unspecified atom stereocenters. The highest BCUT2D eigenvalue weighted by Gasteiger charge is 2.66. The normalized spacial score (nSPS) is 12.6. The van der Waals surface area contributed by atoms with E-state index in [9.17, 15) is 21.7 Å². The molecular weight excluding hydrogens is 420 g/mol. The Hall–Kier alpha value is -1.13. The van der Waals surface area contributed by atoms with E-state index >= 15 is 0 Å². The first kappa shape index (κ1) is 16.2. The van der Waals surface area contributed by atoms with Crippen molar-refractivity contribution < 1.29 is 45.9 Å². The molecule has 0 saturated heterocycles. The molecule has 0 heterocycles. The maximum absolute atomic E-state index is 14.4. The van der Waals surface area contributed by atoms with E-state index in [0.717, 1.165) is 0 Å². The number of hydrogen-bond donors (Lipinski definition) is 0. The van der Waals surface area contributed by atoms with Crippen LogP contribution in [0.15, 0.2) is 60.7 Å². The molecule has 0 aliphatic rings. The van der Waals surface area contributed by atoms with Crippen molar-refractivity contribution in [1.29, 1.82) is 0 Å². The van der Waals surface area contributed by atoms with E-state index in [0.29, 0.717) is 0 Å². The van der Waals surface area contributed by atoms with Crippen molar-refractivity contribution in [3.63, 3.8) is 0 Å². The Kier molecular flexibility index (Phi) is 4.89. The van der Waals surface area contributed by atoms with Crippen molar-refractivity contribution >= 4 is 10.1 Å². The summed E-state index contributed by atoms with van der Waals surface area (Å²) in [6.45, 7) is 0. The van der Waals surface area contributed by atoms with Crippen LogP contribution in [0.4, 0.5) is 13.3 Å². The minimum absolute atomic E-state index is 0.193. The molecule has 2 rings (SSSR count). The summed E-state index contributed by atoms with van der Waals surface area (Å²) < 4.78 is 62.1. The average Bonchev–Trinajstić information content (AvgIpc) is 2.49. The Morgan fingerprint density at radius 1 is 0.857 bits per heavy atom. The van der Waals surface area contributed by atoms with Gasteiger partial charge in [-0.2, -0.15) is 8.42 Å². The van der Waals surface area contributed by atoms with Crippen LogP contribution < -0.4 is 19.8 Å². The first-order chi connectivity index (χ1) is 9.90. The molecule has 0 saturated carbocycles. The van der Waals surface area contributed by atoms with E-state index < -0.39 is 33.2 Å². The fraction of sp³-hybridized carbons (Fsp3) is 0.0769. The minimum Gasteiger partial charge on any atom is -0.185 e. The van der Waals surface area contributed by atoms with Crippen LogP contribution in [0.1, 0.15) is 0 Å². The predicted molar refractivity (Wildman–Crippen MR) is 66.3 cm³/mol. The van der Waals surface area contributed by atoms with Gasteiger partial charge in [0.15, 0.2) is 7.14 Å². The fourth-order valence-electron chi connectivity index (χ4n) is 1.59. The average molecular weight is 430 g/mol. The van der Waals surface area contributed by atoms with E-state index in [1.54, 1.807) is 12.1 Å². The SMILES string of the molecule is O=S(=O)(OF)C(F)(F)[I+](c1ccccc1)c1ccccc1. The van der Waals surface area contributed by atoms with Crippen LogP contribution in [-0.2, 0) is 14.5 Å². The topological polar surface area (TPSA) is 43.4 Å². The summed E-state index contributed by atoms with van der Waals surface area (Å²) in [6.07, 6.45) is 0. The standard InChI is InChI=1S/C13H10F3IO3S/c14-13(15,21(18,19)20-16)17(11-7-3-1-4-8-11)12-9-5-2-6-10-12/h1-10H/q+1. The molecule has 1 radical (unpaired) electrons. The lowest BCUT2D eigenvalue weighted by atomic mass is 10.4. The van der Waals surface area contributed by atoms with Crippen LogP contribution in [0.25, 0.3) is 0 Å². The largest absolute Gasteiger partial charge is 0.540 e. The molecular formula is C13H10F3IO3S+. The molecule has 3 nitrogen and oxygen atoms in total. The van der Waals surface area contributed by atoms with E-state index in [2.05, 4.69) is 4.39 Å². The van der Waals surface area contributed by atoms with Gasteiger partial charge in [0, 0.05) is 0 Å². The maximum atomic E-state index is 14.4. The summed E-state index contributed by atoms with van der Waals surface area (Å²) in [7, 11) is -5.62. The van der Waals surface area contributed by atoms with Crippen LogP contribution in [0.3, 0.4) is 0 Å². The predicted octanol–water partition coefficient (Wildman–Crippen LogP) is 0.132. The molecule has 113 valence electrons. The molecule has 0 amide bonds. The first-order valence-electron chi connectivity index (χ1n) is 5.62. The molecule has 2 aromatic rings. The van der Waals surface area contributed by atoms with Gasteiger partial charge in [0.25, 0.3) is 0 Å². The summed E-state index contributed by atoms with van der Waals surface area (Å²) in [5, 5.41) is 0. The summed E-state index contributed by atoms with van der Waals surface area (Å²) in [5.74, 6) is 0. The van der Waals surface area contributed by atoms with Crippen LogP contribution in [0, 0.1) is 7.14 Å². The van der Waals surface area contributed by atoms with Crippen LogP contribution in [-0.4, -0.2) is 11.7 Å². The van der Waals surface area contributed by atoms with Gasteiger partial charge in [-0.15, -0.1) is 8.78 Å². The quantitative estimate of drug-likeness (QED) is 0.501.